The van der Waals surface area contributed by atoms with Gasteiger partial charge in [-0.15, -0.1) is 0 Å². The molecule has 156 valence electrons. The summed E-state index contributed by atoms with van der Waals surface area (Å²) in [4.78, 5) is 16.0. The lowest BCUT2D eigenvalue weighted by molar-refractivity contribution is 0.647. The first-order chi connectivity index (χ1) is 14.5. The molecule has 5 heteroatoms. The molecule has 5 nitrogen and oxygen atoms in total. The molecule has 0 bridgehead atoms. The van der Waals surface area contributed by atoms with E-state index in [1.807, 2.05) is 6.20 Å². The van der Waals surface area contributed by atoms with Crippen molar-refractivity contribution in [1.29, 1.82) is 0 Å². The molecule has 3 heterocycles. The molecule has 0 amide bonds. The van der Waals surface area contributed by atoms with Crippen molar-refractivity contribution in [2.75, 3.05) is 16.8 Å². The van der Waals surface area contributed by atoms with Crippen LogP contribution in [0.25, 0.3) is 0 Å². The van der Waals surface area contributed by atoms with Gasteiger partial charge in [-0.1, -0.05) is 44.2 Å². The lowest BCUT2D eigenvalue weighted by atomic mass is 9.99. The summed E-state index contributed by atoms with van der Waals surface area (Å²) >= 11 is 0. The second-order valence-corrected chi connectivity index (χ2v) is 8.72. The normalized spacial score (nSPS) is 14.5. The zero-order valence-electron chi connectivity index (χ0n) is 18.4. The van der Waals surface area contributed by atoms with E-state index in [9.17, 15) is 0 Å². The predicted molar refractivity (Wildman–Crippen MR) is 123 cm³/mol. The van der Waals surface area contributed by atoms with Crippen molar-refractivity contribution in [2.45, 2.75) is 53.1 Å². The molecule has 1 aliphatic heterocycles. The highest BCUT2D eigenvalue weighted by molar-refractivity contribution is 5.53. The molecule has 1 atom stereocenters. The maximum atomic E-state index is 4.61. The number of benzene rings is 1. The van der Waals surface area contributed by atoms with E-state index in [2.05, 4.69) is 89.3 Å². The minimum atomic E-state index is 0.171. The number of anilines is 2. The summed E-state index contributed by atoms with van der Waals surface area (Å²) < 4.78 is 0. The van der Waals surface area contributed by atoms with Gasteiger partial charge >= 0.3 is 0 Å². The molecule has 1 unspecified atom stereocenters. The number of hydrogen-bond acceptors (Lipinski definition) is 5. The van der Waals surface area contributed by atoms with E-state index in [1.54, 1.807) is 6.33 Å². The Morgan fingerprint density at radius 3 is 2.50 bits per heavy atom. The Morgan fingerprint density at radius 1 is 1.00 bits per heavy atom. The van der Waals surface area contributed by atoms with Crippen LogP contribution < -0.4 is 10.2 Å². The first-order valence-electron chi connectivity index (χ1n) is 10.9. The van der Waals surface area contributed by atoms with E-state index in [0.717, 1.165) is 43.3 Å². The fourth-order valence-corrected chi connectivity index (χ4v) is 4.01. The lowest BCUT2D eigenvalue weighted by Gasteiger charge is -2.30. The first-order valence-corrected chi connectivity index (χ1v) is 10.9. The first kappa shape index (κ1) is 20.3. The highest BCUT2D eigenvalue weighted by atomic mass is 15.2. The fraction of sp³-hybridized carbons (Fsp3) is 0.400. The van der Waals surface area contributed by atoms with Gasteiger partial charge in [-0.2, -0.15) is 0 Å². The smallest absolute Gasteiger partial charge is 0.135 e. The van der Waals surface area contributed by atoms with Gasteiger partial charge in [0.25, 0.3) is 0 Å². The predicted octanol–water partition coefficient (Wildman–Crippen LogP) is 5.11. The number of aromatic nitrogens is 3. The van der Waals surface area contributed by atoms with E-state index < -0.39 is 0 Å². The molecule has 0 radical (unpaired) electrons. The number of nitrogens with zero attached hydrogens (tertiary/aromatic N) is 4. The minimum absolute atomic E-state index is 0.171. The Labute approximate surface area is 179 Å². The van der Waals surface area contributed by atoms with Crippen LogP contribution in [0.2, 0.25) is 0 Å². The summed E-state index contributed by atoms with van der Waals surface area (Å²) in [5.74, 6) is 2.61. The number of fused-ring (bicyclic) bond motifs is 1. The molecule has 1 aromatic carbocycles. The van der Waals surface area contributed by atoms with Crippen LogP contribution in [-0.4, -0.2) is 21.5 Å². The Morgan fingerprint density at radius 2 is 1.80 bits per heavy atom. The molecule has 1 N–H and O–H groups in total. The summed E-state index contributed by atoms with van der Waals surface area (Å²) in [6.07, 6.45) is 5.63. The standard InChI is InChI=1S/C25H31N5/c1-17(2)13-20-6-8-21(9-7-20)19(4)29-25-22-15-30(12-11-23(22)27-16-28-25)24-10-5-18(3)14-26-24/h5-10,14,16-17,19H,11-13,15H2,1-4H3,(H,27,28,29). The quantitative estimate of drug-likeness (QED) is 0.622. The maximum absolute atomic E-state index is 4.61. The zero-order chi connectivity index (χ0) is 21.1. The molecular weight excluding hydrogens is 370 g/mol. The van der Waals surface area contributed by atoms with Gasteiger partial charge in [-0.3, -0.25) is 0 Å². The maximum Gasteiger partial charge on any atom is 0.135 e. The third-order valence-electron chi connectivity index (χ3n) is 5.70. The molecule has 0 saturated heterocycles. The summed E-state index contributed by atoms with van der Waals surface area (Å²) in [6, 6.07) is 13.3. The van der Waals surface area contributed by atoms with Crippen LogP contribution in [-0.2, 0) is 19.4 Å². The second-order valence-electron chi connectivity index (χ2n) is 8.72. The van der Waals surface area contributed by atoms with Gasteiger partial charge in [0.15, 0.2) is 0 Å². The van der Waals surface area contributed by atoms with Crippen LogP contribution in [0.5, 0.6) is 0 Å². The van der Waals surface area contributed by atoms with Gasteiger partial charge in [-0.05, 0) is 48.9 Å². The van der Waals surface area contributed by atoms with E-state index in [0.29, 0.717) is 5.92 Å². The van der Waals surface area contributed by atoms with Gasteiger partial charge in [0.2, 0.25) is 0 Å². The van der Waals surface area contributed by atoms with Crippen LogP contribution >= 0.6 is 0 Å². The SMILES string of the molecule is Cc1ccc(N2CCc3ncnc(NC(C)c4ccc(CC(C)C)cc4)c3C2)nc1. The molecule has 0 fully saturated rings. The average molecular weight is 402 g/mol. The van der Waals surface area contributed by atoms with E-state index in [4.69, 9.17) is 0 Å². The second kappa shape index (κ2) is 8.82. The number of aryl methyl sites for hydroxylation is 1. The monoisotopic (exact) mass is 401 g/mol. The van der Waals surface area contributed by atoms with Crippen molar-refractivity contribution in [3.05, 3.63) is 76.9 Å². The molecule has 0 aliphatic carbocycles. The van der Waals surface area contributed by atoms with Gasteiger partial charge in [0.1, 0.15) is 18.0 Å². The molecule has 30 heavy (non-hydrogen) atoms. The average Bonchev–Trinajstić information content (AvgIpc) is 2.74. The van der Waals surface area contributed by atoms with Crippen molar-refractivity contribution in [3.8, 4) is 0 Å². The van der Waals surface area contributed by atoms with Crippen LogP contribution in [0.4, 0.5) is 11.6 Å². The zero-order valence-corrected chi connectivity index (χ0v) is 18.4. The van der Waals surface area contributed by atoms with Gasteiger partial charge in [0.05, 0.1) is 5.69 Å². The third-order valence-corrected chi connectivity index (χ3v) is 5.70. The van der Waals surface area contributed by atoms with Gasteiger partial charge in [0, 0.05) is 37.3 Å². The van der Waals surface area contributed by atoms with Crippen LogP contribution in [0, 0.1) is 12.8 Å². The highest BCUT2D eigenvalue weighted by Gasteiger charge is 2.23. The molecule has 3 aromatic rings. The van der Waals surface area contributed by atoms with Crippen molar-refractivity contribution in [3.63, 3.8) is 0 Å². The van der Waals surface area contributed by atoms with E-state index >= 15 is 0 Å². The van der Waals surface area contributed by atoms with Gasteiger partial charge < -0.3 is 10.2 Å². The summed E-state index contributed by atoms with van der Waals surface area (Å²) in [5, 5.41) is 3.63. The number of pyridine rings is 1. The molecule has 1 aliphatic rings. The van der Waals surface area contributed by atoms with Gasteiger partial charge in [-0.25, -0.2) is 15.0 Å². The Hall–Kier alpha value is -2.95. The lowest BCUT2D eigenvalue weighted by Crippen LogP contribution is -2.32. The van der Waals surface area contributed by atoms with Crippen LogP contribution in [0.15, 0.2) is 48.9 Å². The Balaban J connectivity index is 1.51. The van der Waals surface area contributed by atoms with Crippen LogP contribution in [0.3, 0.4) is 0 Å². The van der Waals surface area contributed by atoms with Crippen LogP contribution in [0.1, 0.15) is 54.8 Å². The molecular formula is C25H31N5. The summed E-state index contributed by atoms with van der Waals surface area (Å²) in [6.45, 7) is 10.5. The number of nitrogens with one attached hydrogen (secondary N) is 1. The summed E-state index contributed by atoms with van der Waals surface area (Å²) in [7, 11) is 0. The van der Waals surface area contributed by atoms with E-state index in [-0.39, 0.29) is 6.04 Å². The summed E-state index contributed by atoms with van der Waals surface area (Å²) in [5.41, 5.74) is 6.14. The topological polar surface area (TPSA) is 53.9 Å². The highest BCUT2D eigenvalue weighted by Crippen LogP contribution is 2.28. The van der Waals surface area contributed by atoms with Crippen molar-refractivity contribution in [1.82, 2.24) is 15.0 Å². The molecule has 2 aromatic heterocycles. The molecule has 4 rings (SSSR count). The minimum Gasteiger partial charge on any atom is -0.363 e. The number of rotatable bonds is 6. The third kappa shape index (κ3) is 4.61. The largest absolute Gasteiger partial charge is 0.363 e. The van der Waals surface area contributed by atoms with E-state index in [1.165, 1.54) is 22.3 Å². The van der Waals surface area contributed by atoms with Crippen molar-refractivity contribution in [2.24, 2.45) is 5.92 Å². The van der Waals surface area contributed by atoms with Crippen molar-refractivity contribution >= 4 is 11.6 Å². The Kier molecular flexibility index (Phi) is 5.98. The molecule has 0 spiro atoms. The molecule has 0 saturated carbocycles. The number of hydrogen-bond donors (Lipinski definition) is 1. The van der Waals surface area contributed by atoms with Crippen molar-refractivity contribution < 1.29 is 0 Å². The Bertz CT molecular complexity index is 979. The fourth-order valence-electron chi connectivity index (χ4n) is 4.01.